The molecule has 1 unspecified atom stereocenters. The average molecular weight is 343 g/mol. The number of hydrogen-bond acceptors (Lipinski definition) is 4. The lowest BCUT2D eigenvalue weighted by molar-refractivity contribution is 0.250. The summed E-state index contributed by atoms with van der Waals surface area (Å²) in [6, 6.07) is 13.2. The quantitative estimate of drug-likeness (QED) is 0.715. The number of rotatable bonds is 5. The van der Waals surface area contributed by atoms with Crippen LogP contribution in [0.1, 0.15) is 24.2 Å². The topological polar surface area (TPSA) is 54.7 Å². The van der Waals surface area contributed by atoms with Crippen LogP contribution in [0.3, 0.4) is 0 Å². The van der Waals surface area contributed by atoms with Crippen LogP contribution in [0.15, 0.2) is 59.8 Å². The van der Waals surface area contributed by atoms with Crippen LogP contribution in [0.2, 0.25) is 0 Å². The molecule has 0 saturated heterocycles. The molecule has 0 amide bonds. The van der Waals surface area contributed by atoms with Crippen LogP contribution >= 0.6 is 0 Å². The molecule has 0 aliphatic heterocycles. The van der Waals surface area contributed by atoms with Crippen molar-refractivity contribution in [3.05, 3.63) is 66.1 Å². The molecule has 0 aliphatic carbocycles. The Balaban J connectivity index is 1.75. The number of nitrogens with zero attached hydrogens (tertiary/aromatic N) is 3. The average Bonchev–Trinajstić information content (AvgIpc) is 2.95. The highest BCUT2D eigenvalue weighted by Gasteiger charge is 2.15. The SMILES string of the molecule is CC(c1ccc(S(C)(=O)=O)cc1)N(C)Cc1cn2ccccc2n1. The molecule has 3 rings (SSSR count). The minimum absolute atomic E-state index is 0.156. The molecule has 3 aromatic rings. The first-order valence-corrected chi connectivity index (χ1v) is 9.66. The summed E-state index contributed by atoms with van der Waals surface area (Å²) in [6.45, 7) is 2.82. The minimum atomic E-state index is -3.16. The monoisotopic (exact) mass is 343 g/mol. The second-order valence-electron chi connectivity index (χ2n) is 6.13. The normalized spacial score (nSPS) is 13.5. The molecule has 0 fully saturated rings. The van der Waals surface area contributed by atoms with Crippen molar-refractivity contribution in [3.63, 3.8) is 0 Å². The van der Waals surface area contributed by atoms with Crippen LogP contribution in [-0.2, 0) is 16.4 Å². The summed E-state index contributed by atoms with van der Waals surface area (Å²) in [7, 11) is -1.11. The zero-order valence-electron chi connectivity index (χ0n) is 14.0. The molecule has 24 heavy (non-hydrogen) atoms. The third kappa shape index (κ3) is 3.49. The van der Waals surface area contributed by atoms with Crippen molar-refractivity contribution in [2.45, 2.75) is 24.4 Å². The number of hydrogen-bond donors (Lipinski definition) is 0. The summed E-state index contributed by atoms with van der Waals surface area (Å²) in [4.78, 5) is 7.16. The van der Waals surface area contributed by atoms with E-state index in [1.165, 1.54) is 6.26 Å². The number of pyridine rings is 1. The number of fused-ring (bicyclic) bond motifs is 1. The van der Waals surface area contributed by atoms with E-state index in [9.17, 15) is 8.42 Å². The van der Waals surface area contributed by atoms with E-state index in [-0.39, 0.29) is 6.04 Å². The van der Waals surface area contributed by atoms with E-state index in [4.69, 9.17) is 0 Å². The van der Waals surface area contributed by atoms with Crippen molar-refractivity contribution in [2.75, 3.05) is 13.3 Å². The first kappa shape index (κ1) is 16.7. The fourth-order valence-electron chi connectivity index (χ4n) is 2.70. The molecule has 2 aromatic heterocycles. The predicted molar refractivity (Wildman–Crippen MR) is 94.6 cm³/mol. The molecule has 0 bridgehead atoms. The van der Waals surface area contributed by atoms with Gasteiger partial charge in [-0.2, -0.15) is 0 Å². The van der Waals surface area contributed by atoms with Crippen LogP contribution in [0.5, 0.6) is 0 Å². The Morgan fingerprint density at radius 3 is 2.50 bits per heavy atom. The molecule has 5 nitrogen and oxygen atoms in total. The summed E-state index contributed by atoms with van der Waals surface area (Å²) < 4.78 is 25.1. The Hall–Kier alpha value is -2.18. The van der Waals surface area contributed by atoms with Gasteiger partial charge >= 0.3 is 0 Å². The fourth-order valence-corrected chi connectivity index (χ4v) is 3.33. The van der Waals surface area contributed by atoms with Gasteiger partial charge < -0.3 is 4.40 Å². The molecule has 0 N–H and O–H groups in total. The van der Waals surface area contributed by atoms with Gasteiger partial charge in [0.25, 0.3) is 0 Å². The molecule has 0 spiro atoms. The molecule has 0 radical (unpaired) electrons. The second-order valence-corrected chi connectivity index (χ2v) is 8.15. The van der Waals surface area contributed by atoms with Gasteiger partial charge in [-0.1, -0.05) is 18.2 Å². The molecule has 2 heterocycles. The van der Waals surface area contributed by atoms with Gasteiger partial charge in [0.1, 0.15) is 5.65 Å². The number of sulfone groups is 1. The van der Waals surface area contributed by atoms with Crippen molar-refractivity contribution in [3.8, 4) is 0 Å². The molecule has 0 aliphatic rings. The highest BCUT2D eigenvalue weighted by molar-refractivity contribution is 7.90. The Labute approximate surface area is 142 Å². The van der Waals surface area contributed by atoms with E-state index < -0.39 is 9.84 Å². The standard InChI is InChI=1S/C18H21N3O2S/c1-14(15-7-9-17(10-8-15)24(3,22)23)20(2)12-16-13-21-11-5-4-6-18(21)19-16/h4-11,13-14H,12H2,1-3H3. The lowest BCUT2D eigenvalue weighted by Gasteiger charge is -2.24. The molecular formula is C18H21N3O2S. The number of benzene rings is 1. The Morgan fingerprint density at radius 1 is 1.17 bits per heavy atom. The highest BCUT2D eigenvalue weighted by Crippen LogP contribution is 2.22. The van der Waals surface area contributed by atoms with Crippen LogP contribution in [-0.4, -0.2) is 36.0 Å². The third-order valence-electron chi connectivity index (χ3n) is 4.28. The maximum Gasteiger partial charge on any atom is 0.175 e. The Kier molecular flexibility index (Phi) is 4.43. The van der Waals surface area contributed by atoms with Gasteiger partial charge in [-0.25, -0.2) is 13.4 Å². The van der Waals surface area contributed by atoms with Gasteiger partial charge in [-0.05, 0) is 43.8 Å². The molecule has 1 atom stereocenters. The molecule has 126 valence electrons. The van der Waals surface area contributed by atoms with Gasteiger partial charge in [0.2, 0.25) is 0 Å². The molecule has 0 saturated carbocycles. The molecular weight excluding hydrogens is 322 g/mol. The van der Waals surface area contributed by atoms with Crippen LogP contribution in [0.4, 0.5) is 0 Å². The number of aromatic nitrogens is 2. The fraction of sp³-hybridized carbons (Fsp3) is 0.278. The van der Waals surface area contributed by atoms with E-state index in [1.807, 2.05) is 54.2 Å². The first-order valence-electron chi connectivity index (χ1n) is 7.77. The van der Waals surface area contributed by atoms with E-state index in [1.54, 1.807) is 12.1 Å². The van der Waals surface area contributed by atoms with Crippen molar-refractivity contribution in [1.82, 2.24) is 14.3 Å². The van der Waals surface area contributed by atoms with E-state index in [0.717, 1.165) is 23.4 Å². The summed E-state index contributed by atoms with van der Waals surface area (Å²) in [6.07, 6.45) is 5.24. The summed E-state index contributed by atoms with van der Waals surface area (Å²) in [5, 5.41) is 0. The summed E-state index contributed by atoms with van der Waals surface area (Å²) in [5.74, 6) is 0. The Morgan fingerprint density at radius 2 is 1.88 bits per heavy atom. The van der Waals surface area contributed by atoms with Crippen molar-refractivity contribution in [1.29, 1.82) is 0 Å². The minimum Gasteiger partial charge on any atom is -0.307 e. The van der Waals surface area contributed by atoms with Crippen LogP contribution in [0, 0.1) is 0 Å². The van der Waals surface area contributed by atoms with E-state index in [0.29, 0.717) is 4.90 Å². The van der Waals surface area contributed by atoms with Gasteiger partial charge in [0, 0.05) is 31.2 Å². The van der Waals surface area contributed by atoms with Gasteiger partial charge in [0.05, 0.1) is 10.6 Å². The van der Waals surface area contributed by atoms with Gasteiger partial charge in [-0.15, -0.1) is 0 Å². The maximum atomic E-state index is 11.6. The zero-order valence-corrected chi connectivity index (χ0v) is 14.9. The van der Waals surface area contributed by atoms with E-state index >= 15 is 0 Å². The summed E-state index contributed by atoms with van der Waals surface area (Å²) >= 11 is 0. The maximum absolute atomic E-state index is 11.6. The van der Waals surface area contributed by atoms with Crippen LogP contribution in [0.25, 0.3) is 5.65 Å². The lowest BCUT2D eigenvalue weighted by Crippen LogP contribution is -2.22. The molecule has 1 aromatic carbocycles. The van der Waals surface area contributed by atoms with Crippen LogP contribution < -0.4 is 0 Å². The highest BCUT2D eigenvalue weighted by atomic mass is 32.2. The zero-order chi connectivity index (χ0) is 17.3. The molecule has 6 heteroatoms. The Bertz CT molecular complexity index is 913. The first-order chi connectivity index (χ1) is 11.3. The summed E-state index contributed by atoms with van der Waals surface area (Å²) in [5.41, 5.74) is 3.02. The van der Waals surface area contributed by atoms with Gasteiger partial charge in [0.15, 0.2) is 9.84 Å². The predicted octanol–water partition coefficient (Wildman–Crippen LogP) is 2.93. The third-order valence-corrected chi connectivity index (χ3v) is 5.41. The second kappa shape index (κ2) is 6.37. The number of imidazole rings is 1. The van der Waals surface area contributed by atoms with Crippen molar-refractivity contribution in [2.24, 2.45) is 0 Å². The van der Waals surface area contributed by atoms with Crippen molar-refractivity contribution < 1.29 is 8.42 Å². The van der Waals surface area contributed by atoms with Crippen molar-refractivity contribution >= 4 is 15.5 Å². The smallest absolute Gasteiger partial charge is 0.175 e. The lowest BCUT2D eigenvalue weighted by atomic mass is 10.1. The van der Waals surface area contributed by atoms with E-state index in [2.05, 4.69) is 16.8 Å². The van der Waals surface area contributed by atoms with Gasteiger partial charge in [-0.3, -0.25) is 4.90 Å². The largest absolute Gasteiger partial charge is 0.307 e.